The monoisotopic (exact) mass is 237 g/mol. The minimum absolute atomic E-state index is 0.0219. The number of ether oxygens (including phenoxy) is 2. The van der Waals surface area contributed by atoms with E-state index in [0.717, 1.165) is 17.9 Å². The molecule has 0 spiro atoms. The van der Waals surface area contributed by atoms with E-state index in [4.69, 9.17) is 9.47 Å². The highest BCUT2D eigenvalue weighted by atomic mass is 16.5. The van der Waals surface area contributed by atoms with Gasteiger partial charge in [-0.3, -0.25) is 0 Å². The molecule has 1 N–H and O–H groups in total. The Bertz CT molecular complexity index is 350. The Hall–Kier alpha value is -1.06. The molecule has 0 radical (unpaired) electrons. The van der Waals surface area contributed by atoms with Crippen molar-refractivity contribution in [1.29, 1.82) is 0 Å². The molecule has 96 valence electrons. The fourth-order valence-corrected chi connectivity index (χ4v) is 1.87. The zero-order chi connectivity index (χ0) is 12.8. The summed E-state index contributed by atoms with van der Waals surface area (Å²) in [5, 5.41) is 3.14. The summed E-state index contributed by atoms with van der Waals surface area (Å²) in [5.74, 6) is 1.39. The molecule has 1 unspecified atom stereocenters. The molecule has 1 aromatic carbocycles. The van der Waals surface area contributed by atoms with Crippen molar-refractivity contribution in [2.75, 3.05) is 27.8 Å². The third-order valence-electron chi connectivity index (χ3n) is 2.94. The summed E-state index contributed by atoms with van der Waals surface area (Å²) in [5.41, 5.74) is 2.41. The molecule has 0 amide bonds. The Kier molecular flexibility index (Phi) is 5.45. The summed E-state index contributed by atoms with van der Waals surface area (Å²) in [6.45, 7) is 5.14. The Balaban J connectivity index is 3.11. The van der Waals surface area contributed by atoms with Crippen LogP contribution in [0.2, 0.25) is 0 Å². The number of likely N-dealkylation sites (N-methyl/N-ethyl adjacent to an activating group) is 1. The van der Waals surface area contributed by atoms with Crippen LogP contribution in [0.25, 0.3) is 0 Å². The lowest BCUT2D eigenvalue weighted by Gasteiger charge is -2.20. The van der Waals surface area contributed by atoms with E-state index >= 15 is 0 Å². The van der Waals surface area contributed by atoms with Crippen molar-refractivity contribution in [1.82, 2.24) is 5.32 Å². The quantitative estimate of drug-likeness (QED) is 0.825. The maximum atomic E-state index is 5.51. The molecule has 0 bridgehead atoms. The van der Waals surface area contributed by atoms with Gasteiger partial charge in [0.15, 0.2) is 0 Å². The van der Waals surface area contributed by atoms with Gasteiger partial charge >= 0.3 is 0 Å². The van der Waals surface area contributed by atoms with Gasteiger partial charge in [0.05, 0.1) is 13.2 Å². The van der Waals surface area contributed by atoms with E-state index in [2.05, 4.69) is 31.3 Å². The number of methoxy groups -OCH3 is 2. The highest BCUT2D eigenvalue weighted by molar-refractivity contribution is 5.40. The van der Waals surface area contributed by atoms with Crippen LogP contribution in [0, 0.1) is 0 Å². The van der Waals surface area contributed by atoms with Gasteiger partial charge in [-0.15, -0.1) is 0 Å². The molecule has 0 fully saturated rings. The average molecular weight is 237 g/mol. The molecule has 1 aromatic rings. The van der Waals surface area contributed by atoms with Crippen molar-refractivity contribution in [2.24, 2.45) is 0 Å². The van der Waals surface area contributed by atoms with Crippen LogP contribution in [0.1, 0.15) is 37.0 Å². The lowest BCUT2D eigenvalue weighted by atomic mass is 9.97. The summed E-state index contributed by atoms with van der Waals surface area (Å²) in [6, 6.07) is 6.31. The zero-order valence-corrected chi connectivity index (χ0v) is 11.4. The van der Waals surface area contributed by atoms with Crippen LogP contribution < -0.4 is 10.1 Å². The number of hydrogen-bond acceptors (Lipinski definition) is 3. The van der Waals surface area contributed by atoms with Crippen molar-refractivity contribution in [2.45, 2.75) is 25.9 Å². The molecule has 1 rings (SSSR count). The molecule has 0 heterocycles. The first-order chi connectivity index (χ1) is 8.13. The van der Waals surface area contributed by atoms with Crippen molar-refractivity contribution in [3.63, 3.8) is 0 Å². The van der Waals surface area contributed by atoms with Gasteiger partial charge in [0.2, 0.25) is 0 Å². The minimum atomic E-state index is 0.0219. The second kappa shape index (κ2) is 6.62. The minimum Gasteiger partial charge on any atom is -0.496 e. The first-order valence-corrected chi connectivity index (χ1v) is 5.99. The van der Waals surface area contributed by atoms with Crippen LogP contribution in [0.5, 0.6) is 5.75 Å². The molecule has 3 heteroatoms. The van der Waals surface area contributed by atoms with E-state index in [0.29, 0.717) is 5.92 Å². The van der Waals surface area contributed by atoms with E-state index in [1.165, 1.54) is 5.56 Å². The fourth-order valence-electron chi connectivity index (χ4n) is 1.87. The lowest BCUT2D eigenvalue weighted by molar-refractivity contribution is 0.102. The third-order valence-corrected chi connectivity index (χ3v) is 2.94. The second-order valence-corrected chi connectivity index (χ2v) is 4.44. The molecule has 0 saturated heterocycles. The summed E-state index contributed by atoms with van der Waals surface area (Å²) in [6.07, 6.45) is 0.0219. The lowest BCUT2D eigenvalue weighted by Crippen LogP contribution is -2.19. The van der Waals surface area contributed by atoms with E-state index in [1.807, 2.05) is 13.1 Å². The maximum Gasteiger partial charge on any atom is 0.124 e. The van der Waals surface area contributed by atoms with Crippen LogP contribution in [0.15, 0.2) is 18.2 Å². The van der Waals surface area contributed by atoms with E-state index < -0.39 is 0 Å². The smallest absolute Gasteiger partial charge is 0.124 e. The van der Waals surface area contributed by atoms with Gasteiger partial charge in [-0.2, -0.15) is 0 Å². The molecule has 0 aromatic heterocycles. The summed E-state index contributed by atoms with van der Waals surface area (Å²) in [7, 11) is 5.34. The van der Waals surface area contributed by atoms with E-state index in [1.54, 1.807) is 14.2 Å². The zero-order valence-electron chi connectivity index (χ0n) is 11.4. The van der Waals surface area contributed by atoms with Crippen molar-refractivity contribution < 1.29 is 9.47 Å². The molecular weight excluding hydrogens is 214 g/mol. The van der Waals surface area contributed by atoms with Crippen molar-refractivity contribution in [3.05, 3.63) is 29.3 Å². The predicted molar refractivity (Wildman–Crippen MR) is 70.8 cm³/mol. The van der Waals surface area contributed by atoms with E-state index in [9.17, 15) is 0 Å². The van der Waals surface area contributed by atoms with Crippen LogP contribution in [-0.4, -0.2) is 27.8 Å². The van der Waals surface area contributed by atoms with Gasteiger partial charge in [-0.1, -0.05) is 19.9 Å². The molecule has 1 atom stereocenters. The third kappa shape index (κ3) is 3.45. The van der Waals surface area contributed by atoms with Crippen LogP contribution >= 0.6 is 0 Å². The molecule has 0 aliphatic carbocycles. The van der Waals surface area contributed by atoms with Crippen molar-refractivity contribution >= 4 is 0 Å². The highest BCUT2D eigenvalue weighted by Gasteiger charge is 2.16. The van der Waals surface area contributed by atoms with Gasteiger partial charge in [0, 0.05) is 19.2 Å². The number of rotatable bonds is 6. The molecule has 3 nitrogen and oxygen atoms in total. The number of benzene rings is 1. The predicted octanol–water partition coefficient (Wildman–Crippen LogP) is 2.73. The summed E-state index contributed by atoms with van der Waals surface area (Å²) >= 11 is 0. The van der Waals surface area contributed by atoms with Crippen LogP contribution in [0.4, 0.5) is 0 Å². The molecule has 17 heavy (non-hydrogen) atoms. The Labute approximate surface area is 104 Å². The maximum absolute atomic E-state index is 5.51. The molecule has 0 aliphatic heterocycles. The van der Waals surface area contributed by atoms with Crippen LogP contribution in [-0.2, 0) is 4.74 Å². The van der Waals surface area contributed by atoms with Gasteiger partial charge < -0.3 is 14.8 Å². The summed E-state index contributed by atoms with van der Waals surface area (Å²) in [4.78, 5) is 0. The van der Waals surface area contributed by atoms with Gasteiger partial charge in [0.25, 0.3) is 0 Å². The number of nitrogens with one attached hydrogen (secondary N) is 1. The highest BCUT2D eigenvalue weighted by Crippen LogP contribution is 2.30. The summed E-state index contributed by atoms with van der Waals surface area (Å²) < 4.78 is 10.9. The van der Waals surface area contributed by atoms with Gasteiger partial charge in [-0.25, -0.2) is 0 Å². The fraction of sp³-hybridized carbons (Fsp3) is 0.571. The SMILES string of the molecule is CNCC(OC)c1cc(C(C)C)ccc1OC. The molecule has 0 saturated carbocycles. The van der Waals surface area contributed by atoms with Gasteiger partial charge in [-0.05, 0) is 30.7 Å². The Morgan fingerprint density at radius 1 is 1.24 bits per heavy atom. The molecular formula is C14H23NO2. The number of hydrogen-bond donors (Lipinski definition) is 1. The van der Waals surface area contributed by atoms with Crippen molar-refractivity contribution in [3.8, 4) is 5.75 Å². The topological polar surface area (TPSA) is 30.5 Å². The standard InChI is InChI=1S/C14H23NO2/c1-10(2)11-6-7-13(16-4)12(8-11)14(17-5)9-15-3/h6-8,10,14-15H,9H2,1-5H3. The molecule has 0 aliphatic rings. The largest absolute Gasteiger partial charge is 0.496 e. The average Bonchev–Trinajstić information content (AvgIpc) is 2.35. The first kappa shape index (κ1) is 14.0. The van der Waals surface area contributed by atoms with Crippen LogP contribution in [0.3, 0.4) is 0 Å². The second-order valence-electron chi connectivity index (χ2n) is 4.44. The Morgan fingerprint density at radius 3 is 2.41 bits per heavy atom. The van der Waals surface area contributed by atoms with Gasteiger partial charge in [0.1, 0.15) is 5.75 Å². The van der Waals surface area contributed by atoms with E-state index in [-0.39, 0.29) is 6.10 Å². The Morgan fingerprint density at radius 2 is 1.94 bits per heavy atom. The first-order valence-electron chi connectivity index (χ1n) is 5.99. The normalized spacial score (nSPS) is 12.8.